The van der Waals surface area contributed by atoms with Crippen LogP contribution in [0, 0.1) is 11.7 Å². The van der Waals surface area contributed by atoms with Gasteiger partial charge in [0.2, 0.25) is 0 Å². The molecule has 11 heteroatoms. The summed E-state index contributed by atoms with van der Waals surface area (Å²) in [6.07, 6.45) is 5.84. The van der Waals surface area contributed by atoms with Gasteiger partial charge in [0.05, 0.1) is 16.4 Å². The molecule has 0 bridgehead atoms. The molecule has 0 saturated carbocycles. The van der Waals surface area contributed by atoms with Gasteiger partial charge in [0.25, 0.3) is 0 Å². The number of benzene rings is 2. The molecule has 0 fully saturated rings. The van der Waals surface area contributed by atoms with E-state index in [9.17, 15) is 9.90 Å². The van der Waals surface area contributed by atoms with E-state index >= 15 is 4.39 Å². The molecular weight excluding hydrogens is 557 g/mol. The fourth-order valence-corrected chi connectivity index (χ4v) is 5.16. The zero-order valence-electron chi connectivity index (χ0n) is 24.0. The number of halogens is 2. The van der Waals surface area contributed by atoms with Gasteiger partial charge in [-0.1, -0.05) is 44.0 Å². The molecule has 1 atom stereocenters. The van der Waals surface area contributed by atoms with Crippen molar-refractivity contribution < 1.29 is 9.50 Å². The fourth-order valence-electron chi connectivity index (χ4n) is 4.91. The number of fused-ring (bicyclic) bond motifs is 1. The zero-order valence-corrected chi connectivity index (χ0v) is 24.8. The Bertz CT molecular complexity index is 1580. The number of aromatic amines is 1. The number of hydrogen-bond donors (Lipinski definition) is 5. The highest BCUT2D eigenvalue weighted by atomic mass is 35.5. The molecule has 0 unspecified atom stereocenters. The van der Waals surface area contributed by atoms with Gasteiger partial charge in [-0.05, 0) is 73.1 Å². The highest BCUT2D eigenvalue weighted by Crippen LogP contribution is 2.31. The Hall–Kier alpha value is -3.73. The number of aliphatic imine (C=N–C) groups is 1. The monoisotopic (exact) mass is 595 g/mol. The van der Waals surface area contributed by atoms with Crippen molar-refractivity contribution in [1.29, 1.82) is 0 Å². The average Bonchev–Trinajstić information content (AvgIpc) is 3.35. The van der Waals surface area contributed by atoms with Crippen molar-refractivity contribution in [2.45, 2.75) is 58.5 Å². The van der Waals surface area contributed by atoms with Gasteiger partial charge in [-0.2, -0.15) is 4.98 Å². The number of nitrogens with one attached hydrogen (secondary N) is 2. The van der Waals surface area contributed by atoms with E-state index in [1.54, 1.807) is 18.3 Å². The van der Waals surface area contributed by atoms with Gasteiger partial charge in [-0.3, -0.25) is 9.56 Å². The minimum absolute atomic E-state index is 0.0467. The van der Waals surface area contributed by atoms with Crippen LogP contribution >= 0.6 is 11.6 Å². The van der Waals surface area contributed by atoms with Crippen LogP contribution in [0.4, 0.5) is 4.39 Å². The molecule has 2 heterocycles. The molecule has 0 aliphatic rings. The second-order valence-electron chi connectivity index (χ2n) is 11.0. The Kier molecular flexibility index (Phi) is 10.7. The molecule has 9 nitrogen and oxygen atoms in total. The van der Waals surface area contributed by atoms with E-state index in [2.05, 4.69) is 34.1 Å². The smallest absolute Gasteiger partial charge is 0.354 e. The van der Waals surface area contributed by atoms with Gasteiger partial charge < -0.3 is 26.9 Å². The quantitative estimate of drug-likeness (QED) is 0.106. The first kappa shape index (κ1) is 31.2. The number of guanidine groups is 1. The lowest BCUT2D eigenvalue weighted by Crippen LogP contribution is -2.31. The third kappa shape index (κ3) is 8.18. The van der Waals surface area contributed by atoms with E-state index in [1.165, 1.54) is 4.57 Å². The van der Waals surface area contributed by atoms with Crippen molar-refractivity contribution in [2.24, 2.45) is 22.4 Å². The first-order valence-corrected chi connectivity index (χ1v) is 14.6. The van der Waals surface area contributed by atoms with Crippen molar-refractivity contribution in [3.63, 3.8) is 0 Å². The standard InChI is InChI=1S/C31H39ClFN7O2/c1-19(2)4-3-5-21-14-25(28(33)26(32)15-21)27-16-22-18-40(31(42)39-29(22)38-27)24-8-6-20(7-9-24)17-37-23(11-13-41)10-12-36-30(34)35/h6-9,14-16,18-19,23,37,41H,3-5,10-13,17H2,1-2H3,(H4,34,35,36)(H,38,39,42)/t23-/m1/s1. The number of hydrogen-bond acceptors (Lipinski definition) is 5. The molecule has 2 aromatic carbocycles. The number of aryl methyl sites for hydroxylation is 1. The number of nitrogens with two attached hydrogens (primary N) is 2. The second kappa shape index (κ2) is 14.4. The number of aliphatic hydroxyl groups is 1. The largest absolute Gasteiger partial charge is 0.396 e. The van der Waals surface area contributed by atoms with E-state index in [0.29, 0.717) is 59.8 Å². The van der Waals surface area contributed by atoms with Crippen LogP contribution in [0.15, 0.2) is 58.4 Å². The molecule has 42 heavy (non-hydrogen) atoms. The summed E-state index contributed by atoms with van der Waals surface area (Å²) >= 11 is 6.25. The van der Waals surface area contributed by atoms with Gasteiger partial charge in [0, 0.05) is 42.9 Å². The van der Waals surface area contributed by atoms with Crippen molar-refractivity contribution in [3.05, 3.63) is 81.1 Å². The summed E-state index contributed by atoms with van der Waals surface area (Å²) in [7, 11) is 0. The summed E-state index contributed by atoms with van der Waals surface area (Å²) < 4.78 is 16.5. The third-order valence-electron chi connectivity index (χ3n) is 7.19. The molecular formula is C31H39ClFN7O2. The van der Waals surface area contributed by atoms with Gasteiger partial charge in [-0.15, -0.1) is 0 Å². The van der Waals surface area contributed by atoms with E-state index in [-0.39, 0.29) is 23.6 Å². The van der Waals surface area contributed by atoms with Crippen LogP contribution < -0.4 is 22.5 Å². The lowest BCUT2D eigenvalue weighted by molar-refractivity contribution is 0.261. The Morgan fingerprint density at radius 2 is 1.90 bits per heavy atom. The summed E-state index contributed by atoms with van der Waals surface area (Å²) in [5.41, 5.74) is 14.2. The third-order valence-corrected chi connectivity index (χ3v) is 7.47. The Labute approximate surface area is 249 Å². The normalized spacial score (nSPS) is 12.2. The maximum Gasteiger partial charge on any atom is 0.354 e. The Balaban J connectivity index is 1.51. The Morgan fingerprint density at radius 3 is 2.60 bits per heavy atom. The predicted molar refractivity (Wildman–Crippen MR) is 167 cm³/mol. The van der Waals surface area contributed by atoms with Gasteiger partial charge in [-0.25, -0.2) is 9.18 Å². The average molecular weight is 596 g/mol. The summed E-state index contributed by atoms with van der Waals surface area (Å²) in [5, 5.41) is 13.5. The minimum atomic E-state index is -0.507. The van der Waals surface area contributed by atoms with Gasteiger partial charge >= 0.3 is 5.69 Å². The maximum atomic E-state index is 15.1. The zero-order chi connectivity index (χ0) is 30.2. The summed E-state index contributed by atoms with van der Waals surface area (Å²) in [4.78, 5) is 24.2. The summed E-state index contributed by atoms with van der Waals surface area (Å²) in [6, 6.07) is 12.9. The van der Waals surface area contributed by atoms with Crippen LogP contribution in [0.3, 0.4) is 0 Å². The molecule has 0 aliphatic heterocycles. The molecule has 0 saturated heterocycles. The first-order chi connectivity index (χ1) is 20.1. The van der Waals surface area contributed by atoms with Crippen LogP contribution in [0.1, 0.15) is 50.7 Å². The van der Waals surface area contributed by atoms with Crippen LogP contribution in [0.5, 0.6) is 0 Å². The Morgan fingerprint density at radius 1 is 1.14 bits per heavy atom. The first-order valence-electron chi connectivity index (χ1n) is 14.2. The maximum absolute atomic E-state index is 15.1. The topological polar surface area (TPSA) is 147 Å². The highest BCUT2D eigenvalue weighted by molar-refractivity contribution is 6.31. The lowest BCUT2D eigenvalue weighted by Gasteiger charge is -2.17. The second-order valence-corrected chi connectivity index (χ2v) is 11.4. The molecule has 4 aromatic rings. The van der Waals surface area contributed by atoms with Crippen molar-refractivity contribution >= 4 is 28.6 Å². The van der Waals surface area contributed by atoms with Crippen molar-refractivity contribution in [3.8, 4) is 16.9 Å². The number of H-pyrrole nitrogens is 1. The molecule has 4 rings (SSSR count). The number of nitrogens with zero attached hydrogens (tertiary/aromatic N) is 3. The van der Waals surface area contributed by atoms with Crippen molar-refractivity contribution in [2.75, 3.05) is 13.2 Å². The van der Waals surface area contributed by atoms with Crippen LogP contribution in [-0.4, -0.2) is 44.8 Å². The molecule has 0 radical (unpaired) electrons. The van der Waals surface area contributed by atoms with Crippen LogP contribution in [0.25, 0.3) is 28.0 Å². The van der Waals surface area contributed by atoms with Crippen LogP contribution in [0.2, 0.25) is 5.02 Å². The van der Waals surface area contributed by atoms with Crippen LogP contribution in [-0.2, 0) is 13.0 Å². The number of rotatable bonds is 14. The minimum Gasteiger partial charge on any atom is -0.396 e. The summed E-state index contributed by atoms with van der Waals surface area (Å²) in [6.45, 7) is 5.46. The van der Waals surface area contributed by atoms with E-state index < -0.39 is 11.5 Å². The SMILES string of the molecule is CC(C)CCCc1cc(Cl)c(F)c(-c2cc3cn(-c4ccc(CN[C@@H](CCO)CCN=C(N)N)cc4)c(=O)nc3[nH]2)c1. The molecule has 224 valence electrons. The molecule has 0 spiro atoms. The molecule has 2 aromatic heterocycles. The van der Waals surface area contributed by atoms with E-state index in [0.717, 1.165) is 30.4 Å². The van der Waals surface area contributed by atoms with E-state index in [4.69, 9.17) is 23.1 Å². The van der Waals surface area contributed by atoms with Crippen molar-refractivity contribution in [1.82, 2.24) is 19.9 Å². The molecule has 7 N–H and O–H groups in total. The predicted octanol–water partition coefficient (Wildman–Crippen LogP) is 4.66. The number of aliphatic hydroxyl groups excluding tert-OH is 1. The lowest BCUT2D eigenvalue weighted by atomic mass is 10.00. The molecule has 0 aliphatic carbocycles. The van der Waals surface area contributed by atoms with Gasteiger partial charge in [0.15, 0.2) is 11.8 Å². The fraction of sp³-hybridized carbons (Fsp3) is 0.387. The van der Waals surface area contributed by atoms with E-state index in [1.807, 2.05) is 30.3 Å². The number of aromatic nitrogens is 3. The highest BCUT2D eigenvalue weighted by Gasteiger charge is 2.16. The summed E-state index contributed by atoms with van der Waals surface area (Å²) in [5.74, 6) is 0.135. The van der Waals surface area contributed by atoms with Gasteiger partial charge in [0.1, 0.15) is 5.65 Å². The molecule has 0 amide bonds.